The van der Waals surface area contributed by atoms with Crippen molar-refractivity contribution in [1.29, 1.82) is 0 Å². The molecule has 0 saturated carbocycles. The highest BCUT2D eigenvalue weighted by molar-refractivity contribution is 5.89. The van der Waals surface area contributed by atoms with E-state index in [4.69, 9.17) is 21.1 Å². The number of nitrogens with two attached hydrogens (primary N) is 2. The average Bonchev–Trinajstić information content (AvgIpc) is 2.37. The standard InChI is InChI=1S/C15H32N4O4/c1-9(23-15(5,6)7)11(13(21)19-17)18-12(20)10(16)8-22-14(2,3)4/h9-11H,8,16-17H2,1-7H3,(H,18,20)(H,19,21)/t9-,10+,11+/m1/s1. The molecule has 8 heteroatoms. The highest BCUT2D eigenvalue weighted by Crippen LogP contribution is 2.13. The monoisotopic (exact) mass is 332 g/mol. The van der Waals surface area contributed by atoms with Crippen molar-refractivity contribution in [2.24, 2.45) is 11.6 Å². The topological polar surface area (TPSA) is 129 Å². The fraction of sp³-hybridized carbons (Fsp3) is 0.867. The van der Waals surface area contributed by atoms with E-state index < -0.39 is 41.2 Å². The van der Waals surface area contributed by atoms with Crippen LogP contribution in [0.3, 0.4) is 0 Å². The van der Waals surface area contributed by atoms with Crippen molar-refractivity contribution in [1.82, 2.24) is 10.7 Å². The number of carbonyl (C=O) groups is 2. The first-order chi connectivity index (χ1) is 10.3. The van der Waals surface area contributed by atoms with Crippen LogP contribution in [0.2, 0.25) is 0 Å². The zero-order valence-electron chi connectivity index (χ0n) is 15.2. The second kappa shape index (κ2) is 8.58. The van der Waals surface area contributed by atoms with Gasteiger partial charge in [-0.25, -0.2) is 5.84 Å². The van der Waals surface area contributed by atoms with E-state index >= 15 is 0 Å². The second-order valence-corrected chi connectivity index (χ2v) is 7.46. The van der Waals surface area contributed by atoms with E-state index in [0.717, 1.165) is 0 Å². The summed E-state index contributed by atoms with van der Waals surface area (Å²) in [6.45, 7) is 12.9. The van der Waals surface area contributed by atoms with E-state index in [1.54, 1.807) is 6.92 Å². The number of hydrogen-bond donors (Lipinski definition) is 4. The summed E-state index contributed by atoms with van der Waals surface area (Å²) in [5.41, 5.74) is 6.94. The van der Waals surface area contributed by atoms with E-state index in [1.165, 1.54) is 0 Å². The fourth-order valence-corrected chi connectivity index (χ4v) is 1.79. The third-order valence-corrected chi connectivity index (χ3v) is 2.76. The van der Waals surface area contributed by atoms with Crippen LogP contribution in [-0.4, -0.2) is 47.8 Å². The Hall–Kier alpha value is -1.22. The SMILES string of the molecule is C[C@@H](OC(C)(C)C)[C@H](NC(=O)[C@@H](N)COC(C)(C)C)C(=O)NN. The Balaban J connectivity index is 4.83. The molecule has 0 radical (unpaired) electrons. The lowest BCUT2D eigenvalue weighted by atomic mass is 10.1. The molecule has 0 bridgehead atoms. The molecule has 0 saturated heterocycles. The van der Waals surface area contributed by atoms with Gasteiger partial charge >= 0.3 is 0 Å². The molecule has 0 unspecified atom stereocenters. The van der Waals surface area contributed by atoms with Crippen LogP contribution in [0.15, 0.2) is 0 Å². The van der Waals surface area contributed by atoms with Crippen molar-refractivity contribution >= 4 is 11.8 Å². The number of amides is 2. The number of hydrogen-bond acceptors (Lipinski definition) is 6. The zero-order chi connectivity index (χ0) is 18.4. The molecule has 0 rings (SSSR count). The third-order valence-electron chi connectivity index (χ3n) is 2.76. The largest absolute Gasteiger partial charge is 0.374 e. The molecule has 23 heavy (non-hydrogen) atoms. The smallest absolute Gasteiger partial charge is 0.259 e. The predicted octanol–water partition coefficient (Wildman–Crippen LogP) is -0.193. The molecule has 0 aliphatic carbocycles. The molecule has 0 fully saturated rings. The molecule has 0 aromatic heterocycles. The summed E-state index contributed by atoms with van der Waals surface area (Å²) in [6.07, 6.45) is -0.585. The Morgan fingerprint density at radius 2 is 1.57 bits per heavy atom. The summed E-state index contributed by atoms with van der Waals surface area (Å²) in [7, 11) is 0. The van der Waals surface area contributed by atoms with Gasteiger partial charge < -0.3 is 20.5 Å². The van der Waals surface area contributed by atoms with Crippen LogP contribution in [-0.2, 0) is 19.1 Å². The Morgan fingerprint density at radius 3 is 1.96 bits per heavy atom. The molecular weight excluding hydrogens is 300 g/mol. The Labute approximate surface area is 138 Å². The minimum atomic E-state index is -0.951. The van der Waals surface area contributed by atoms with Gasteiger partial charge in [-0.2, -0.15) is 0 Å². The molecule has 0 heterocycles. The van der Waals surface area contributed by atoms with Gasteiger partial charge in [0, 0.05) is 0 Å². The van der Waals surface area contributed by atoms with Gasteiger partial charge in [-0.15, -0.1) is 0 Å². The molecule has 0 aromatic rings. The molecule has 2 amide bonds. The summed E-state index contributed by atoms with van der Waals surface area (Å²) >= 11 is 0. The highest BCUT2D eigenvalue weighted by Gasteiger charge is 2.31. The first kappa shape index (κ1) is 21.8. The Morgan fingerprint density at radius 1 is 1.04 bits per heavy atom. The maximum absolute atomic E-state index is 12.2. The van der Waals surface area contributed by atoms with Gasteiger partial charge in [0.05, 0.1) is 23.9 Å². The van der Waals surface area contributed by atoms with Crippen LogP contribution in [0, 0.1) is 0 Å². The first-order valence-electron chi connectivity index (χ1n) is 7.65. The highest BCUT2D eigenvalue weighted by atomic mass is 16.5. The van der Waals surface area contributed by atoms with Crippen LogP contribution in [0.4, 0.5) is 0 Å². The number of hydrazine groups is 1. The minimum absolute atomic E-state index is 0.0425. The van der Waals surface area contributed by atoms with E-state index in [-0.39, 0.29) is 6.61 Å². The molecule has 0 aliphatic heterocycles. The quantitative estimate of drug-likeness (QED) is 0.290. The van der Waals surface area contributed by atoms with Crippen LogP contribution < -0.4 is 22.3 Å². The lowest BCUT2D eigenvalue weighted by Gasteiger charge is -2.31. The number of ether oxygens (including phenoxy) is 2. The lowest BCUT2D eigenvalue weighted by molar-refractivity contribution is -0.138. The Kier molecular flexibility index (Phi) is 8.13. The molecule has 0 aromatic carbocycles. The Bertz CT molecular complexity index is 401. The van der Waals surface area contributed by atoms with E-state index in [1.807, 2.05) is 47.0 Å². The van der Waals surface area contributed by atoms with E-state index in [2.05, 4.69) is 5.32 Å². The third kappa shape index (κ3) is 9.50. The maximum atomic E-state index is 12.2. The molecule has 0 aliphatic rings. The van der Waals surface area contributed by atoms with Gasteiger partial charge in [0.1, 0.15) is 12.1 Å². The minimum Gasteiger partial charge on any atom is -0.374 e. The molecule has 3 atom stereocenters. The first-order valence-corrected chi connectivity index (χ1v) is 7.65. The van der Waals surface area contributed by atoms with Crippen molar-refractivity contribution in [2.45, 2.75) is 77.9 Å². The van der Waals surface area contributed by atoms with Gasteiger partial charge in [-0.05, 0) is 48.5 Å². The maximum Gasteiger partial charge on any atom is 0.259 e. The van der Waals surface area contributed by atoms with Crippen molar-refractivity contribution in [3.63, 3.8) is 0 Å². The van der Waals surface area contributed by atoms with Gasteiger partial charge in [-0.1, -0.05) is 0 Å². The number of rotatable bonds is 7. The average molecular weight is 332 g/mol. The normalized spacial score (nSPS) is 16.4. The molecular formula is C15H32N4O4. The summed E-state index contributed by atoms with van der Waals surface area (Å²) in [5, 5.41) is 2.57. The van der Waals surface area contributed by atoms with Crippen LogP contribution in [0.1, 0.15) is 48.5 Å². The van der Waals surface area contributed by atoms with Gasteiger partial charge in [0.2, 0.25) is 5.91 Å². The van der Waals surface area contributed by atoms with Crippen LogP contribution in [0.5, 0.6) is 0 Å². The molecule has 8 nitrogen and oxygen atoms in total. The summed E-state index contributed by atoms with van der Waals surface area (Å²) < 4.78 is 11.2. The van der Waals surface area contributed by atoms with Crippen molar-refractivity contribution in [2.75, 3.05) is 6.61 Å². The molecule has 6 N–H and O–H groups in total. The van der Waals surface area contributed by atoms with Crippen LogP contribution >= 0.6 is 0 Å². The second-order valence-electron chi connectivity index (χ2n) is 7.46. The predicted molar refractivity (Wildman–Crippen MR) is 88.2 cm³/mol. The van der Waals surface area contributed by atoms with Gasteiger partial charge in [0.15, 0.2) is 0 Å². The van der Waals surface area contributed by atoms with Gasteiger partial charge in [-0.3, -0.25) is 15.0 Å². The van der Waals surface area contributed by atoms with Crippen LogP contribution in [0.25, 0.3) is 0 Å². The van der Waals surface area contributed by atoms with Crippen molar-refractivity contribution < 1.29 is 19.1 Å². The number of nitrogens with one attached hydrogen (secondary N) is 2. The zero-order valence-corrected chi connectivity index (χ0v) is 15.2. The molecule has 136 valence electrons. The van der Waals surface area contributed by atoms with Crippen molar-refractivity contribution in [3.8, 4) is 0 Å². The van der Waals surface area contributed by atoms with Crippen molar-refractivity contribution in [3.05, 3.63) is 0 Å². The summed E-state index contributed by atoms with van der Waals surface area (Å²) in [4.78, 5) is 24.1. The summed E-state index contributed by atoms with van der Waals surface area (Å²) in [6, 6.07) is -1.85. The van der Waals surface area contributed by atoms with Gasteiger partial charge in [0.25, 0.3) is 5.91 Å². The lowest BCUT2D eigenvalue weighted by Crippen LogP contribution is -2.59. The number of carbonyl (C=O) groups excluding carboxylic acids is 2. The summed E-state index contributed by atoms with van der Waals surface area (Å²) in [5.74, 6) is 4.12. The fourth-order valence-electron chi connectivity index (χ4n) is 1.79. The molecule has 0 spiro atoms. The van der Waals surface area contributed by atoms with E-state index in [9.17, 15) is 9.59 Å². The van der Waals surface area contributed by atoms with E-state index in [0.29, 0.717) is 0 Å².